The molecule has 0 aliphatic carbocycles. The molecule has 0 fully saturated rings. The average Bonchev–Trinajstić information content (AvgIpc) is 2.49. The molecule has 0 saturated heterocycles. The predicted octanol–water partition coefficient (Wildman–Crippen LogP) is 2.77. The lowest BCUT2D eigenvalue weighted by molar-refractivity contribution is 0.0827. The number of carbonyl (C=O) groups is 1. The molecule has 122 valence electrons. The van der Waals surface area contributed by atoms with E-state index in [-0.39, 0.29) is 16.6 Å². The number of hydrogen-bond donors (Lipinski definition) is 0. The first-order chi connectivity index (χ1) is 10.7. The maximum absolute atomic E-state index is 12.4. The van der Waals surface area contributed by atoms with E-state index in [0.29, 0.717) is 11.1 Å². The van der Waals surface area contributed by atoms with Gasteiger partial charge < -0.3 is 9.08 Å². The fourth-order valence-electron chi connectivity index (χ4n) is 2.06. The van der Waals surface area contributed by atoms with Gasteiger partial charge in [0.05, 0.1) is 0 Å². The highest BCUT2D eigenvalue weighted by atomic mass is 32.2. The summed E-state index contributed by atoms with van der Waals surface area (Å²) in [5, 5.41) is 0. The van der Waals surface area contributed by atoms with Crippen molar-refractivity contribution in [3.8, 4) is 5.75 Å². The standard InChI is InChI=1S/C17H19NO4S/c1-12-5-6-13(2)16(11-12)23(20,21)22-15-9-7-14(8-10-15)17(19)18(3)4/h5-11H,1-4H3. The Morgan fingerprint density at radius 1 is 1.00 bits per heavy atom. The number of benzene rings is 2. The Bertz CT molecular complexity index is 824. The van der Waals surface area contributed by atoms with Crippen LogP contribution in [0.2, 0.25) is 0 Å². The van der Waals surface area contributed by atoms with Gasteiger partial charge in [-0.1, -0.05) is 12.1 Å². The number of carbonyl (C=O) groups excluding carboxylic acids is 1. The van der Waals surface area contributed by atoms with Gasteiger partial charge in [-0.05, 0) is 55.3 Å². The second-order valence-electron chi connectivity index (χ2n) is 5.53. The van der Waals surface area contributed by atoms with E-state index in [1.54, 1.807) is 33.2 Å². The summed E-state index contributed by atoms with van der Waals surface area (Å²) in [6, 6.07) is 11.2. The van der Waals surface area contributed by atoms with Crippen LogP contribution < -0.4 is 4.18 Å². The first kappa shape index (κ1) is 17.0. The summed E-state index contributed by atoms with van der Waals surface area (Å²) in [5.74, 6) is 0.00940. The molecule has 0 aromatic heterocycles. The molecule has 0 atom stereocenters. The van der Waals surface area contributed by atoms with Crippen LogP contribution in [0.5, 0.6) is 5.75 Å². The van der Waals surface area contributed by atoms with E-state index in [1.165, 1.54) is 29.2 Å². The first-order valence-electron chi connectivity index (χ1n) is 7.04. The molecule has 0 saturated carbocycles. The molecule has 5 nitrogen and oxygen atoms in total. The van der Waals surface area contributed by atoms with Crippen LogP contribution in [0.15, 0.2) is 47.4 Å². The Morgan fingerprint density at radius 2 is 1.61 bits per heavy atom. The average molecular weight is 333 g/mol. The van der Waals surface area contributed by atoms with Crippen LogP contribution in [0, 0.1) is 13.8 Å². The molecule has 2 rings (SSSR count). The summed E-state index contributed by atoms with van der Waals surface area (Å²) < 4.78 is 30.0. The molecule has 23 heavy (non-hydrogen) atoms. The lowest BCUT2D eigenvalue weighted by Crippen LogP contribution is -2.21. The zero-order valence-electron chi connectivity index (χ0n) is 13.5. The largest absolute Gasteiger partial charge is 0.379 e. The van der Waals surface area contributed by atoms with Crippen LogP contribution in [0.3, 0.4) is 0 Å². The maximum Gasteiger partial charge on any atom is 0.339 e. The van der Waals surface area contributed by atoms with Crippen LogP contribution in [0.25, 0.3) is 0 Å². The topological polar surface area (TPSA) is 63.7 Å². The Hall–Kier alpha value is -2.34. The van der Waals surface area contributed by atoms with E-state index in [2.05, 4.69) is 0 Å². The number of hydrogen-bond acceptors (Lipinski definition) is 4. The smallest absolute Gasteiger partial charge is 0.339 e. The lowest BCUT2D eigenvalue weighted by atomic mass is 10.2. The van der Waals surface area contributed by atoms with Gasteiger partial charge in [0, 0.05) is 19.7 Å². The van der Waals surface area contributed by atoms with E-state index in [9.17, 15) is 13.2 Å². The molecule has 0 heterocycles. The van der Waals surface area contributed by atoms with Gasteiger partial charge in [0.2, 0.25) is 0 Å². The number of aryl methyl sites for hydroxylation is 2. The molecule has 0 N–H and O–H groups in total. The quantitative estimate of drug-likeness (QED) is 0.807. The molecular formula is C17H19NO4S. The van der Waals surface area contributed by atoms with Crippen molar-refractivity contribution in [1.82, 2.24) is 4.90 Å². The van der Waals surface area contributed by atoms with Crippen molar-refractivity contribution >= 4 is 16.0 Å². The third-order valence-electron chi connectivity index (χ3n) is 3.33. The predicted molar refractivity (Wildman–Crippen MR) is 88.2 cm³/mol. The van der Waals surface area contributed by atoms with Gasteiger partial charge in [0.15, 0.2) is 0 Å². The Kier molecular flexibility index (Phi) is 4.75. The van der Waals surface area contributed by atoms with Crippen LogP contribution in [0.4, 0.5) is 0 Å². The third-order valence-corrected chi connectivity index (χ3v) is 4.72. The SMILES string of the molecule is Cc1ccc(C)c(S(=O)(=O)Oc2ccc(C(=O)N(C)C)cc2)c1. The highest BCUT2D eigenvalue weighted by molar-refractivity contribution is 7.87. The lowest BCUT2D eigenvalue weighted by Gasteiger charge is -2.12. The zero-order valence-corrected chi connectivity index (χ0v) is 14.3. The molecule has 0 aliphatic rings. The second kappa shape index (κ2) is 6.42. The van der Waals surface area contributed by atoms with Crippen LogP contribution >= 0.6 is 0 Å². The second-order valence-corrected chi connectivity index (χ2v) is 7.05. The molecule has 0 bridgehead atoms. The molecule has 0 unspecified atom stereocenters. The van der Waals surface area contributed by atoms with Crippen molar-refractivity contribution in [3.63, 3.8) is 0 Å². The van der Waals surface area contributed by atoms with E-state index in [0.717, 1.165) is 5.56 Å². The first-order valence-corrected chi connectivity index (χ1v) is 8.45. The van der Waals surface area contributed by atoms with E-state index in [1.807, 2.05) is 13.0 Å². The Labute approximate surface area is 136 Å². The van der Waals surface area contributed by atoms with Crippen LogP contribution in [-0.2, 0) is 10.1 Å². The zero-order chi connectivity index (χ0) is 17.2. The normalized spacial score (nSPS) is 11.1. The minimum absolute atomic E-state index is 0.144. The monoisotopic (exact) mass is 333 g/mol. The highest BCUT2D eigenvalue weighted by Crippen LogP contribution is 2.22. The summed E-state index contributed by atoms with van der Waals surface area (Å²) >= 11 is 0. The van der Waals surface area contributed by atoms with Gasteiger partial charge in [-0.3, -0.25) is 4.79 Å². The van der Waals surface area contributed by atoms with Crippen molar-refractivity contribution in [3.05, 3.63) is 59.2 Å². The maximum atomic E-state index is 12.4. The summed E-state index contributed by atoms with van der Waals surface area (Å²) in [6.45, 7) is 3.54. The van der Waals surface area contributed by atoms with Crippen molar-refractivity contribution in [2.45, 2.75) is 18.7 Å². The van der Waals surface area contributed by atoms with Gasteiger partial charge in [-0.25, -0.2) is 0 Å². The minimum atomic E-state index is -3.91. The minimum Gasteiger partial charge on any atom is -0.379 e. The van der Waals surface area contributed by atoms with Gasteiger partial charge >= 0.3 is 10.1 Å². The molecule has 0 aliphatic heterocycles. The number of nitrogens with zero attached hydrogens (tertiary/aromatic N) is 1. The van der Waals surface area contributed by atoms with E-state index in [4.69, 9.17) is 4.18 Å². The van der Waals surface area contributed by atoms with Gasteiger partial charge in [0.1, 0.15) is 10.6 Å². The third kappa shape index (κ3) is 3.90. The number of rotatable bonds is 4. The highest BCUT2D eigenvalue weighted by Gasteiger charge is 2.19. The van der Waals surface area contributed by atoms with Crippen molar-refractivity contribution in [2.75, 3.05) is 14.1 Å². The van der Waals surface area contributed by atoms with Crippen LogP contribution in [0.1, 0.15) is 21.5 Å². The van der Waals surface area contributed by atoms with Gasteiger partial charge in [-0.15, -0.1) is 0 Å². The van der Waals surface area contributed by atoms with Crippen molar-refractivity contribution < 1.29 is 17.4 Å². The van der Waals surface area contributed by atoms with E-state index >= 15 is 0 Å². The summed E-state index contributed by atoms with van der Waals surface area (Å²) in [4.78, 5) is 13.4. The molecule has 2 aromatic rings. The molecule has 0 radical (unpaired) electrons. The summed E-state index contributed by atoms with van der Waals surface area (Å²) in [5.41, 5.74) is 1.92. The molecular weight excluding hydrogens is 314 g/mol. The Balaban J connectivity index is 2.27. The Morgan fingerprint density at radius 3 is 2.17 bits per heavy atom. The summed E-state index contributed by atoms with van der Waals surface area (Å²) in [6.07, 6.45) is 0. The molecule has 0 spiro atoms. The van der Waals surface area contributed by atoms with Crippen molar-refractivity contribution in [2.24, 2.45) is 0 Å². The molecule has 2 aromatic carbocycles. The van der Waals surface area contributed by atoms with Gasteiger partial charge in [0.25, 0.3) is 5.91 Å². The molecule has 6 heteroatoms. The van der Waals surface area contributed by atoms with E-state index < -0.39 is 10.1 Å². The van der Waals surface area contributed by atoms with Crippen molar-refractivity contribution in [1.29, 1.82) is 0 Å². The summed E-state index contributed by atoms with van der Waals surface area (Å²) in [7, 11) is -0.610. The van der Waals surface area contributed by atoms with Gasteiger partial charge in [-0.2, -0.15) is 8.42 Å². The van der Waals surface area contributed by atoms with Crippen LogP contribution in [-0.4, -0.2) is 33.3 Å². The fraction of sp³-hybridized carbons (Fsp3) is 0.235. The number of amides is 1. The molecule has 1 amide bonds. The fourth-order valence-corrected chi connectivity index (χ4v) is 3.31.